The minimum absolute atomic E-state index is 0.797. The largest absolute Gasteiger partial charge is 0.344 e. The highest BCUT2D eigenvalue weighted by molar-refractivity contribution is 7.09. The lowest BCUT2D eigenvalue weighted by Gasteiger charge is -2.26. The van der Waals surface area contributed by atoms with Crippen LogP contribution in [0.25, 0.3) is 11.4 Å². The Kier molecular flexibility index (Phi) is 2.98. The van der Waals surface area contributed by atoms with Crippen molar-refractivity contribution in [1.82, 2.24) is 19.7 Å². The molecule has 0 spiro atoms. The molecule has 2 aromatic rings. The molecule has 3 heterocycles. The van der Waals surface area contributed by atoms with Crippen molar-refractivity contribution < 1.29 is 0 Å². The van der Waals surface area contributed by atoms with Gasteiger partial charge >= 0.3 is 0 Å². The number of nitrogens with zero attached hydrogens (tertiary/aromatic N) is 4. The average molecular weight is 247 g/mol. The molecule has 1 aliphatic heterocycles. The molecule has 17 heavy (non-hydrogen) atoms. The first-order valence-electron chi connectivity index (χ1n) is 5.63. The van der Waals surface area contributed by atoms with Crippen LogP contribution in [-0.4, -0.2) is 40.5 Å². The molecule has 1 saturated heterocycles. The lowest BCUT2D eigenvalue weighted by molar-refractivity contribution is 0.588. The lowest BCUT2D eigenvalue weighted by atomic mass is 10.3. The molecule has 5 nitrogen and oxygen atoms in total. The van der Waals surface area contributed by atoms with E-state index in [9.17, 15) is 0 Å². The van der Waals surface area contributed by atoms with Crippen molar-refractivity contribution >= 4 is 16.7 Å². The molecule has 1 fully saturated rings. The highest BCUT2D eigenvalue weighted by atomic mass is 32.1. The van der Waals surface area contributed by atoms with Crippen molar-refractivity contribution in [2.75, 3.05) is 31.1 Å². The molecule has 3 rings (SSSR count). The smallest absolute Gasteiger partial charge is 0.205 e. The van der Waals surface area contributed by atoms with Crippen LogP contribution < -0.4 is 10.2 Å². The fourth-order valence-corrected chi connectivity index (χ4v) is 2.56. The molecule has 0 atom stereocenters. The molecule has 0 unspecified atom stereocenters. The Morgan fingerprint density at radius 1 is 1.18 bits per heavy atom. The van der Waals surface area contributed by atoms with E-state index in [1.54, 1.807) is 12.4 Å². The van der Waals surface area contributed by atoms with Gasteiger partial charge in [0, 0.05) is 55.7 Å². The molecule has 6 heteroatoms. The highest BCUT2D eigenvalue weighted by Crippen LogP contribution is 2.23. The molecule has 0 aromatic carbocycles. The fourth-order valence-electron chi connectivity index (χ4n) is 1.82. The molecule has 1 N–H and O–H groups in total. The zero-order chi connectivity index (χ0) is 11.5. The van der Waals surface area contributed by atoms with E-state index >= 15 is 0 Å². The molecule has 0 radical (unpaired) electrons. The van der Waals surface area contributed by atoms with E-state index < -0.39 is 0 Å². The minimum Gasteiger partial charge on any atom is -0.344 e. The standard InChI is InChI=1S/C11H13N5S/c1-3-12-4-2-9(1)10-14-11(17-15-10)16-7-5-13-6-8-16/h1-4,13H,5-8H2. The van der Waals surface area contributed by atoms with Crippen LogP contribution in [0.15, 0.2) is 24.5 Å². The molecule has 1 aliphatic rings. The first kappa shape index (κ1) is 10.6. The van der Waals surface area contributed by atoms with Gasteiger partial charge in [-0.15, -0.1) is 0 Å². The maximum absolute atomic E-state index is 4.58. The second-order valence-electron chi connectivity index (χ2n) is 3.87. The Bertz CT molecular complexity index is 478. The van der Waals surface area contributed by atoms with Crippen molar-refractivity contribution in [3.05, 3.63) is 24.5 Å². The van der Waals surface area contributed by atoms with E-state index in [-0.39, 0.29) is 0 Å². The summed E-state index contributed by atoms with van der Waals surface area (Å²) in [4.78, 5) is 10.9. The van der Waals surface area contributed by atoms with Gasteiger partial charge in [-0.3, -0.25) is 4.98 Å². The lowest BCUT2D eigenvalue weighted by Crippen LogP contribution is -2.43. The number of hydrogen-bond donors (Lipinski definition) is 1. The van der Waals surface area contributed by atoms with Crippen molar-refractivity contribution in [2.24, 2.45) is 0 Å². The van der Waals surface area contributed by atoms with Crippen molar-refractivity contribution in [2.45, 2.75) is 0 Å². The molecule has 0 aliphatic carbocycles. The van der Waals surface area contributed by atoms with Gasteiger partial charge in [-0.05, 0) is 12.1 Å². The topological polar surface area (TPSA) is 53.9 Å². The maximum atomic E-state index is 4.58. The number of anilines is 1. The van der Waals surface area contributed by atoms with Crippen LogP contribution in [0.2, 0.25) is 0 Å². The summed E-state index contributed by atoms with van der Waals surface area (Å²) in [6, 6.07) is 3.87. The third kappa shape index (κ3) is 2.27. The summed E-state index contributed by atoms with van der Waals surface area (Å²) in [5.74, 6) is 0.797. The molecule has 88 valence electrons. The van der Waals surface area contributed by atoms with Crippen LogP contribution in [0.5, 0.6) is 0 Å². The maximum Gasteiger partial charge on any atom is 0.205 e. The van der Waals surface area contributed by atoms with E-state index in [2.05, 4.69) is 24.6 Å². The van der Waals surface area contributed by atoms with Gasteiger partial charge < -0.3 is 10.2 Å². The number of nitrogens with one attached hydrogen (secondary N) is 1. The van der Waals surface area contributed by atoms with Crippen molar-refractivity contribution in [3.8, 4) is 11.4 Å². The molecule has 0 bridgehead atoms. The summed E-state index contributed by atoms with van der Waals surface area (Å²) in [5, 5.41) is 4.34. The van der Waals surface area contributed by atoms with E-state index in [4.69, 9.17) is 0 Å². The van der Waals surface area contributed by atoms with Gasteiger partial charge in [0.15, 0.2) is 5.82 Å². The summed E-state index contributed by atoms with van der Waals surface area (Å²) in [6.45, 7) is 4.05. The van der Waals surface area contributed by atoms with Gasteiger partial charge in [0.2, 0.25) is 5.13 Å². The zero-order valence-electron chi connectivity index (χ0n) is 9.33. The predicted octanol–water partition coefficient (Wildman–Crippen LogP) is 1.01. The Morgan fingerprint density at radius 3 is 2.71 bits per heavy atom. The summed E-state index contributed by atoms with van der Waals surface area (Å²) < 4.78 is 4.40. The van der Waals surface area contributed by atoms with Crippen LogP contribution in [-0.2, 0) is 0 Å². The van der Waals surface area contributed by atoms with Crippen LogP contribution in [0.3, 0.4) is 0 Å². The summed E-state index contributed by atoms with van der Waals surface area (Å²) in [5.41, 5.74) is 1.03. The number of pyridine rings is 1. The Hall–Kier alpha value is -1.53. The van der Waals surface area contributed by atoms with Crippen molar-refractivity contribution in [1.29, 1.82) is 0 Å². The molecule has 0 amide bonds. The average Bonchev–Trinajstić information content (AvgIpc) is 2.90. The third-order valence-electron chi connectivity index (χ3n) is 2.74. The van der Waals surface area contributed by atoms with Gasteiger partial charge in [0.25, 0.3) is 0 Å². The normalized spacial score (nSPS) is 16.1. The number of rotatable bonds is 2. The van der Waals surface area contributed by atoms with Gasteiger partial charge in [-0.25, -0.2) is 0 Å². The molecule has 0 saturated carbocycles. The van der Waals surface area contributed by atoms with Gasteiger partial charge in [0.05, 0.1) is 0 Å². The monoisotopic (exact) mass is 247 g/mol. The fraction of sp³-hybridized carbons (Fsp3) is 0.364. The molecular formula is C11H13N5S. The van der Waals surface area contributed by atoms with Crippen molar-refractivity contribution in [3.63, 3.8) is 0 Å². The third-order valence-corrected chi connectivity index (χ3v) is 3.52. The number of aromatic nitrogens is 3. The minimum atomic E-state index is 0.797. The van der Waals surface area contributed by atoms with E-state index in [1.165, 1.54) is 11.5 Å². The van der Waals surface area contributed by atoms with Gasteiger partial charge in [-0.1, -0.05) is 0 Å². The highest BCUT2D eigenvalue weighted by Gasteiger charge is 2.15. The Morgan fingerprint density at radius 2 is 1.94 bits per heavy atom. The summed E-state index contributed by atoms with van der Waals surface area (Å²) in [6.07, 6.45) is 3.53. The summed E-state index contributed by atoms with van der Waals surface area (Å²) >= 11 is 1.47. The van der Waals surface area contributed by atoms with Crippen LogP contribution in [0.4, 0.5) is 5.13 Å². The Labute approximate surface area is 104 Å². The predicted molar refractivity (Wildman–Crippen MR) is 68.2 cm³/mol. The first-order chi connectivity index (χ1) is 8.43. The number of piperazine rings is 1. The zero-order valence-corrected chi connectivity index (χ0v) is 10.2. The SMILES string of the molecule is c1cc(-c2nsc(N3CCNCC3)n2)ccn1. The molecule has 2 aromatic heterocycles. The first-order valence-corrected chi connectivity index (χ1v) is 6.40. The van der Waals surface area contributed by atoms with E-state index in [1.807, 2.05) is 12.1 Å². The van der Waals surface area contributed by atoms with Crippen LogP contribution >= 0.6 is 11.5 Å². The number of hydrogen-bond acceptors (Lipinski definition) is 6. The van der Waals surface area contributed by atoms with E-state index in [0.717, 1.165) is 42.7 Å². The second-order valence-corrected chi connectivity index (χ2v) is 4.60. The van der Waals surface area contributed by atoms with Gasteiger partial charge in [0.1, 0.15) is 0 Å². The summed E-state index contributed by atoms with van der Waals surface area (Å²) in [7, 11) is 0. The Balaban J connectivity index is 1.83. The second kappa shape index (κ2) is 4.77. The quantitative estimate of drug-likeness (QED) is 0.858. The van der Waals surface area contributed by atoms with Crippen LogP contribution in [0.1, 0.15) is 0 Å². The van der Waals surface area contributed by atoms with Gasteiger partial charge in [-0.2, -0.15) is 9.36 Å². The van der Waals surface area contributed by atoms with Crippen LogP contribution in [0, 0.1) is 0 Å². The van der Waals surface area contributed by atoms with E-state index in [0.29, 0.717) is 0 Å². The molecular weight excluding hydrogens is 234 g/mol.